The van der Waals surface area contributed by atoms with E-state index < -0.39 is 0 Å². The van der Waals surface area contributed by atoms with Gasteiger partial charge in [-0.1, -0.05) is 0 Å². The molecule has 3 N–H and O–H groups in total. The van der Waals surface area contributed by atoms with Crippen LogP contribution in [0.2, 0.25) is 0 Å². The highest BCUT2D eigenvalue weighted by Crippen LogP contribution is 1.97. The van der Waals surface area contributed by atoms with Gasteiger partial charge in [-0.3, -0.25) is 5.43 Å². The Morgan fingerprint density at radius 1 is 1.75 bits per heavy atom. The highest BCUT2D eigenvalue weighted by molar-refractivity contribution is 6.13. The number of allylic oxidation sites excluding steroid dienone is 2. The number of nitrogens with two attached hydrogens (primary N) is 1. The summed E-state index contributed by atoms with van der Waals surface area (Å²) in [4.78, 5) is 0. The number of hydrogen-bond acceptors (Lipinski definition) is 3. The summed E-state index contributed by atoms with van der Waals surface area (Å²) in [6.45, 7) is 0. The molecule has 0 aromatic carbocycles. The molecule has 1 rings (SSSR count). The Labute approximate surface area is 52.5 Å². The topological polar surface area (TPSA) is 41.3 Å². The van der Waals surface area contributed by atoms with Crippen molar-refractivity contribution in [2.75, 3.05) is 0 Å². The smallest absolute Gasteiger partial charge is 0.116 e. The maximum absolute atomic E-state index is 5.43. The Bertz CT molecular complexity index is 140. The minimum Gasteiger partial charge on any atom is -0.384 e. The molecule has 0 aliphatic carbocycles. The summed E-state index contributed by atoms with van der Waals surface area (Å²) in [6, 6.07) is 0. The van der Waals surface area contributed by atoms with E-state index in [4.69, 9.17) is 17.5 Å². The molecule has 3 nitrogen and oxygen atoms in total. The average Bonchev–Trinajstić information content (AvgIpc) is 1.64. The van der Waals surface area contributed by atoms with Gasteiger partial charge in [0.2, 0.25) is 0 Å². The first kappa shape index (κ1) is 5.31. The average molecular weight is 132 g/mol. The summed E-state index contributed by atoms with van der Waals surface area (Å²) in [5.74, 6) is 0.544. The molecule has 0 spiro atoms. The van der Waals surface area contributed by atoms with E-state index in [9.17, 15) is 0 Å². The molecule has 1 aliphatic rings. The van der Waals surface area contributed by atoms with Crippen LogP contribution in [-0.4, -0.2) is 4.53 Å². The van der Waals surface area contributed by atoms with E-state index >= 15 is 0 Å². The largest absolute Gasteiger partial charge is 0.384 e. The Morgan fingerprint density at radius 3 is 2.88 bits per heavy atom. The Hall–Kier alpha value is -0.830. The van der Waals surface area contributed by atoms with Gasteiger partial charge in [-0.05, 0) is 12.2 Å². The third-order valence-corrected chi connectivity index (χ3v) is 0.926. The number of rotatable bonds is 0. The van der Waals surface area contributed by atoms with Gasteiger partial charge in [-0.2, -0.15) is 0 Å². The summed E-state index contributed by atoms with van der Waals surface area (Å²) in [6.07, 6.45) is 5.12. The van der Waals surface area contributed by atoms with Crippen molar-refractivity contribution in [1.29, 1.82) is 0 Å². The summed E-state index contributed by atoms with van der Waals surface area (Å²) in [5.41, 5.74) is 7.93. The molecule has 0 amide bonds. The standard InChI is InChI=1S/C4H6ClN3/c5-8-3-1-2-4(6)7-8/h1-3,7H,6H2. The highest BCUT2D eigenvalue weighted by Gasteiger charge is 1.95. The zero-order valence-corrected chi connectivity index (χ0v) is 4.89. The van der Waals surface area contributed by atoms with E-state index in [2.05, 4.69) is 5.43 Å². The Kier molecular flexibility index (Phi) is 1.30. The van der Waals surface area contributed by atoms with Crippen molar-refractivity contribution in [3.05, 3.63) is 24.2 Å². The second-order valence-electron chi connectivity index (χ2n) is 1.39. The van der Waals surface area contributed by atoms with E-state index in [0.717, 1.165) is 0 Å². The fourth-order valence-electron chi connectivity index (χ4n) is 0.420. The lowest BCUT2D eigenvalue weighted by atomic mass is 10.5. The minimum atomic E-state index is 0.544. The predicted molar refractivity (Wildman–Crippen MR) is 32.2 cm³/mol. The van der Waals surface area contributed by atoms with Crippen LogP contribution in [0.4, 0.5) is 0 Å². The van der Waals surface area contributed by atoms with Crippen LogP contribution in [-0.2, 0) is 0 Å². The van der Waals surface area contributed by atoms with Gasteiger partial charge < -0.3 is 5.73 Å². The number of hydrogen-bond donors (Lipinski definition) is 2. The lowest BCUT2D eigenvalue weighted by Crippen LogP contribution is -2.30. The first-order valence-corrected chi connectivity index (χ1v) is 2.48. The van der Waals surface area contributed by atoms with Crippen molar-refractivity contribution in [2.45, 2.75) is 0 Å². The van der Waals surface area contributed by atoms with Crippen molar-refractivity contribution >= 4 is 11.8 Å². The molecular weight excluding hydrogens is 126 g/mol. The van der Waals surface area contributed by atoms with Gasteiger partial charge in [0.05, 0.1) is 0 Å². The van der Waals surface area contributed by atoms with Gasteiger partial charge in [0, 0.05) is 18.0 Å². The van der Waals surface area contributed by atoms with Gasteiger partial charge >= 0.3 is 0 Å². The van der Waals surface area contributed by atoms with Gasteiger partial charge in [-0.25, -0.2) is 4.53 Å². The molecule has 0 unspecified atom stereocenters. The molecule has 4 heteroatoms. The Morgan fingerprint density at radius 2 is 2.50 bits per heavy atom. The molecule has 0 aromatic heterocycles. The molecule has 0 atom stereocenters. The molecule has 8 heavy (non-hydrogen) atoms. The van der Waals surface area contributed by atoms with Crippen LogP contribution in [0, 0.1) is 0 Å². The summed E-state index contributed by atoms with van der Waals surface area (Å²) < 4.78 is 1.26. The van der Waals surface area contributed by atoms with Crippen LogP contribution >= 0.6 is 11.8 Å². The molecule has 0 radical (unpaired) electrons. The second-order valence-corrected chi connectivity index (χ2v) is 1.75. The van der Waals surface area contributed by atoms with Gasteiger partial charge in [-0.15, -0.1) is 0 Å². The van der Waals surface area contributed by atoms with Crippen LogP contribution in [0.5, 0.6) is 0 Å². The molecule has 1 heterocycles. The molecule has 0 saturated heterocycles. The number of nitrogens with zero attached hydrogens (tertiary/aromatic N) is 1. The number of nitrogens with one attached hydrogen (secondary N) is 1. The highest BCUT2D eigenvalue weighted by atomic mass is 35.5. The third kappa shape index (κ3) is 1.07. The maximum Gasteiger partial charge on any atom is 0.116 e. The first-order valence-electron chi connectivity index (χ1n) is 2.14. The van der Waals surface area contributed by atoms with Crippen molar-refractivity contribution in [1.82, 2.24) is 9.95 Å². The van der Waals surface area contributed by atoms with Crippen LogP contribution in [0.25, 0.3) is 0 Å². The van der Waals surface area contributed by atoms with Crippen molar-refractivity contribution < 1.29 is 0 Å². The van der Waals surface area contributed by atoms with Crippen molar-refractivity contribution in [3.8, 4) is 0 Å². The molecule has 44 valence electrons. The lowest BCUT2D eigenvalue weighted by molar-refractivity contribution is 0.486. The second kappa shape index (κ2) is 1.96. The van der Waals surface area contributed by atoms with Crippen LogP contribution in [0.3, 0.4) is 0 Å². The van der Waals surface area contributed by atoms with Gasteiger partial charge in [0.25, 0.3) is 0 Å². The first-order chi connectivity index (χ1) is 3.79. The van der Waals surface area contributed by atoms with E-state index in [-0.39, 0.29) is 0 Å². The quantitative estimate of drug-likeness (QED) is 0.464. The molecule has 1 aliphatic heterocycles. The third-order valence-electron chi connectivity index (χ3n) is 0.729. The predicted octanol–water partition coefficient (Wildman–Crippen LogP) is 0.274. The van der Waals surface area contributed by atoms with Gasteiger partial charge in [0.15, 0.2) is 0 Å². The molecule has 0 fully saturated rings. The van der Waals surface area contributed by atoms with Crippen LogP contribution in [0.1, 0.15) is 0 Å². The molecule has 0 saturated carbocycles. The van der Waals surface area contributed by atoms with E-state index in [0.29, 0.717) is 5.82 Å². The zero-order valence-electron chi connectivity index (χ0n) is 4.13. The molecule has 0 bridgehead atoms. The number of hydrazine groups is 1. The Balaban J connectivity index is 2.59. The summed E-state index contributed by atoms with van der Waals surface area (Å²) >= 11 is 5.43. The molecule has 0 aromatic rings. The van der Waals surface area contributed by atoms with Crippen LogP contribution < -0.4 is 11.2 Å². The molecular formula is C4H6ClN3. The summed E-state index contributed by atoms with van der Waals surface area (Å²) in [7, 11) is 0. The SMILES string of the molecule is NC1=CC=CN(Cl)N1. The monoisotopic (exact) mass is 131 g/mol. The lowest BCUT2D eigenvalue weighted by Gasteiger charge is -2.15. The van der Waals surface area contributed by atoms with Gasteiger partial charge in [0.1, 0.15) is 5.82 Å². The minimum absolute atomic E-state index is 0.544. The fourth-order valence-corrected chi connectivity index (χ4v) is 0.583. The van der Waals surface area contributed by atoms with E-state index in [1.54, 1.807) is 18.4 Å². The number of halogens is 1. The van der Waals surface area contributed by atoms with Crippen molar-refractivity contribution in [2.24, 2.45) is 5.73 Å². The summed E-state index contributed by atoms with van der Waals surface area (Å²) in [5, 5.41) is 0. The normalized spacial score (nSPS) is 17.6. The van der Waals surface area contributed by atoms with E-state index in [1.165, 1.54) is 4.53 Å². The van der Waals surface area contributed by atoms with Crippen LogP contribution in [0.15, 0.2) is 24.2 Å². The maximum atomic E-state index is 5.43. The van der Waals surface area contributed by atoms with Crippen molar-refractivity contribution in [3.63, 3.8) is 0 Å². The zero-order chi connectivity index (χ0) is 5.98. The van der Waals surface area contributed by atoms with E-state index in [1.807, 2.05) is 0 Å². The fraction of sp³-hybridized carbons (Fsp3) is 0.